The predicted molar refractivity (Wildman–Crippen MR) is 106 cm³/mol. The molecule has 26 heavy (non-hydrogen) atoms. The monoisotopic (exact) mass is 349 g/mol. The predicted octanol–water partition coefficient (Wildman–Crippen LogP) is 5.26. The molecule has 1 aromatic heterocycles. The summed E-state index contributed by atoms with van der Waals surface area (Å²) in [6.07, 6.45) is 9.88. The molecule has 0 fully saturated rings. The summed E-state index contributed by atoms with van der Waals surface area (Å²) in [4.78, 5) is 11.4. The lowest BCUT2D eigenvalue weighted by atomic mass is 9.86. The Labute approximate surface area is 155 Å². The Kier molecular flexibility index (Phi) is 5.77. The summed E-state index contributed by atoms with van der Waals surface area (Å²) in [5.74, 6) is -0.119. The molecule has 1 aromatic carbocycles. The molecule has 1 unspecified atom stereocenters. The first-order valence-corrected chi connectivity index (χ1v) is 9.46. The number of benzene rings is 1. The van der Waals surface area contributed by atoms with E-state index in [1.165, 1.54) is 35.4 Å². The van der Waals surface area contributed by atoms with Crippen LogP contribution in [0.25, 0.3) is 11.3 Å². The molecule has 0 spiro atoms. The van der Waals surface area contributed by atoms with Crippen molar-refractivity contribution in [3.8, 4) is 11.3 Å². The molecule has 0 saturated carbocycles. The van der Waals surface area contributed by atoms with Crippen LogP contribution in [0.3, 0.4) is 0 Å². The van der Waals surface area contributed by atoms with Gasteiger partial charge >= 0.3 is 5.97 Å². The van der Waals surface area contributed by atoms with E-state index in [1.807, 2.05) is 19.1 Å². The minimum absolute atomic E-state index is 0.344. The summed E-state index contributed by atoms with van der Waals surface area (Å²) >= 11 is 0. The van der Waals surface area contributed by atoms with Gasteiger partial charge in [0.05, 0.1) is 5.57 Å². The highest BCUT2D eigenvalue weighted by atomic mass is 16.4. The molecule has 0 radical (unpaired) electrons. The number of carboxylic acids is 1. The Bertz CT molecular complexity index is 827. The SMILES string of the molecule is C/C=C\C(=C/Cn1c(-c2ccccc2)cc2c1CCC(CC)C2)C(=O)O. The molecule has 136 valence electrons. The number of hydrogen-bond donors (Lipinski definition) is 1. The molecular weight excluding hydrogens is 322 g/mol. The molecule has 0 saturated heterocycles. The van der Waals surface area contributed by atoms with Crippen molar-refractivity contribution < 1.29 is 9.90 Å². The number of nitrogens with zero attached hydrogens (tertiary/aromatic N) is 1. The second kappa shape index (κ2) is 8.22. The Morgan fingerprint density at radius 2 is 2.08 bits per heavy atom. The zero-order valence-corrected chi connectivity index (χ0v) is 15.6. The first-order chi connectivity index (χ1) is 12.6. The smallest absolute Gasteiger partial charge is 0.335 e. The third kappa shape index (κ3) is 3.82. The Morgan fingerprint density at radius 1 is 1.31 bits per heavy atom. The van der Waals surface area contributed by atoms with Gasteiger partial charge in [0, 0.05) is 17.9 Å². The maximum absolute atomic E-state index is 11.4. The molecule has 0 bridgehead atoms. The zero-order chi connectivity index (χ0) is 18.5. The highest BCUT2D eigenvalue weighted by molar-refractivity contribution is 5.89. The first-order valence-electron chi connectivity index (χ1n) is 9.46. The number of hydrogen-bond acceptors (Lipinski definition) is 1. The Balaban J connectivity index is 2.03. The van der Waals surface area contributed by atoms with Gasteiger partial charge in [-0.25, -0.2) is 4.79 Å². The third-order valence-electron chi connectivity index (χ3n) is 5.33. The fourth-order valence-corrected chi connectivity index (χ4v) is 3.87. The lowest BCUT2D eigenvalue weighted by Gasteiger charge is -2.22. The maximum atomic E-state index is 11.4. The van der Waals surface area contributed by atoms with Crippen molar-refractivity contribution in [2.45, 2.75) is 46.1 Å². The fraction of sp³-hybridized carbons (Fsp3) is 0.348. The maximum Gasteiger partial charge on any atom is 0.335 e. The van der Waals surface area contributed by atoms with Gasteiger partial charge in [-0.1, -0.05) is 61.9 Å². The van der Waals surface area contributed by atoms with E-state index in [0.29, 0.717) is 12.1 Å². The van der Waals surface area contributed by atoms with Gasteiger partial charge in [-0.15, -0.1) is 0 Å². The van der Waals surface area contributed by atoms with Gasteiger partial charge in [-0.2, -0.15) is 0 Å². The molecular formula is C23H27NO2. The molecule has 1 atom stereocenters. The number of rotatable bonds is 6. The normalized spacial score (nSPS) is 17.5. The summed E-state index contributed by atoms with van der Waals surface area (Å²) in [7, 11) is 0. The molecule has 0 aliphatic heterocycles. The molecule has 2 aromatic rings. The van der Waals surface area contributed by atoms with Crippen molar-refractivity contribution >= 4 is 5.97 Å². The van der Waals surface area contributed by atoms with Gasteiger partial charge in [0.25, 0.3) is 0 Å². The van der Waals surface area contributed by atoms with Crippen LogP contribution in [0.4, 0.5) is 0 Å². The van der Waals surface area contributed by atoms with Gasteiger partial charge in [0.15, 0.2) is 0 Å². The number of allylic oxidation sites excluding steroid dienone is 2. The van der Waals surface area contributed by atoms with Crippen LogP contribution in [0.15, 0.2) is 60.2 Å². The van der Waals surface area contributed by atoms with E-state index >= 15 is 0 Å². The van der Waals surface area contributed by atoms with Crippen LogP contribution in [0.5, 0.6) is 0 Å². The van der Waals surface area contributed by atoms with Crippen molar-refractivity contribution in [1.29, 1.82) is 0 Å². The summed E-state index contributed by atoms with van der Waals surface area (Å²) in [5, 5.41) is 9.40. The van der Waals surface area contributed by atoms with Crippen LogP contribution in [0.1, 0.15) is 37.9 Å². The van der Waals surface area contributed by atoms with Crippen molar-refractivity contribution in [2.75, 3.05) is 0 Å². The standard InChI is InChI=1S/C23H27NO2/c1-3-8-19(23(25)26)13-14-24-21-12-11-17(4-2)15-20(21)16-22(24)18-9-6-5-7-10-18/h3,5-10,13,16-17H,4,11-12,14-15H2,1-2H3,(H,25,26)/b8-3-,19-13+. The van der Waals surface area contributed by atoms with Crippen molar-refractivity contribution in [3.05, 3.63) is 71.5 Å². The summed E-state index contributed by atoms with van der Waals surface area (Å²) in [5.41, 5.74) is 5.52. The van der Waals surface area contributed by atoms with E-state index in [1.54, 1.807) is 12.2 Å². The van der Waals surface area contributed by atoms with Crippen LogP contribution >= 0.6 is 0 Å². The van der Waals surface area contributed by atoms with E-state index in [4.69, 9.17) is 0 Å². The molecule has 0 amide bonds. The second-order valence-corrected chi connectivity index (χ2v) is 6.96. The van der Waals surface area contributed by atoms with E-state index in [0.717, 1.165) is 18.8 Å². The number of carboxylic acid groups (broad SMARTS) is 1. The number of aliphatic carboxylic acids is 1. The number of aromatic nitrogens is 1. The van der Waals surface area contributed by atoms with Crippen LogP contribution in [0.2, 0.25) is 0 Å². The molecule has 1 aliphatic carbocycles. The lowest BCUT2D eigenvalue weighted by Crippen LogP contribution is -2.15. The quantitative estimate of drug-likeness (QED) is 0.571. The van der Waals surface area contributed by atoms with E-state index in [-0.39, 0.29) is 0 Å². The summed E-state index contributed by atoms with van der Waals surface area (Å²) < 4.78 is 2.31. The highest BCUT2D eigenvalue weighted by Crippen LogP contribution is 2.34. The molecule has 3 rings (SSSR count). The Hall–Kier alpha value is -2.55. The van der Waals surface area contributed by atoms with Crippen molar-refractivity contribution in [2.24, 2.45) is 5.92 Å². The lowest BCUT2D eigenvalue weighted by molar-refractivity contribution is -0.132. The average Bonchev–Trinajstić information content (AvgIpc) is 3.03. The van der Waals surface area contributed by atoms with Gasteiger partial charge < -0.3 is 9.67 Å². The van der Waals surface area contributed by atoms with Gasteiger partial charge in [0.2, 0.25) is 0 Å². The van der Waals surface area contributed by atoms with Crippen LogP contribution in [0, 0.1) is 5.92 Å². The third-order valence-corrected chi connectivity index (χ3v) is 5.33. The highest BCUT2D eigenvalue weighted by Gasteiger charge is 2.23. The van der Waals surface area contributed by atoms with Gasteiger partial charge in [0.1, 0.15) is 0 Å². The van der Waals surface area contributed by atoms with Crippen molar-refractivity contribution in [3.63, 3.8) is 0 Å². The zero-order valence-electron chi connectivity index (χ0n) is 15.6. The van der Waals surface area contributed by atoms with Crippen LogP contribution in [-0.4, -0.2) is 15.6 Å². The summed E-state index contributed by atoms with van der Waals surface area (Å²) in [6.45, 7) is 4.70. The second-order valence-electron chi connectivity index (χ2n) is 6.96. The number of fused-ring (bicyclic) bond motifs is 1. The minimum atomic E-state index is -0.878. The van der Waals surface area contributed by atoms with E-state index in [9.17, 15) is 9.90 Å². The minimum Gasteiger partial charge on any atom is -0.478 e. The molecule has 1 aliphatic rings. The molecule has 1 N–H and O–H groups in total. The number of carbonyl (C=O) groups is 1. The van der Waals surface area contributed by atoms with Crippen LogP contribution < -0.4 is 0 Å². The van der Waals surface area contributed by atoms with E-state index in [2.05, 4.69) is 41.8 Å². The first kappa shape index (κ1) is 18.2. The fourth-order valence-electron chi connectivity index (χ4n) is 3.87. The average molecular weight is 349 g/mol. The van der Waals surface area contributed by atoms with Crippen molar-refractivity contribution in [1.82, 2.24) is 4.57 Å². The summed E-state index contributed by atoms with van der Waals surface area (Å²) in [6, 6.07) is 12.7. The molecule has 1 heterocycles. The van der Waals surface area contributed by atoms with E-state index < -0.39 is 5.97 Å². The largest absolute Gasteiger partial charge is 0.478 e. The van der Waals surface area contributed by atoms with Gasteiger partial charge in [-0.3, -0.25) is 0 Å². The van der Waals surface area contributed by atoms with Crippen LogP contribution in [-0.2, 0) is 24.2 Å². The molecule has 3 nitrogen and oxygen atoms in total. The van der Waals surface area contributed by atoms with Gasteiger partial charge in [-0.05, 0) is 49.3 Å². The topological polar surface area (TPSA) is 42.2 Å². The molecule has 3 heteroatoms. The Morgan fingerprint density at radius 3 is 2.73 bits per heavy atom.